The van der Waals surface area contributed by atoms with Crippen LogP contribution in [0.3, 0.4) is 0 Å². The Hall–Kier alpha value is -1.59. The van der Waals surface area contributed by atoms with E-state index in [-0.39, 0.29) is 0 Å². The number of thiophene rings is 1. The molecule has 0 aromatic carbocycles. The third-order valence-electron chi connectivity index (χ3n) is 1.86. The first-order valence-electron chi connectivity index (χ1n) is 4.64. The van der Waals surface area contributed by atoms with Crippen LogP contribution >= 0.6 is 11.3 Å². The van der Waals surface area contributed by atoms with E-state index in [1.807, 2.05) is 6.07 Å². The lowest BCUT2D eigenvalue weighted by atomic mass is 10.3. The molecule has 2 heterocycles. The van der Waals surface area contributed by atoms with Gasteiger partial charge in [-0.3, -0.25) is 0 Å². The van der Waals surface area contributed by atoms with Gasteiger partial charge in [-0.05, 0) is 24.3 Å². The van der Waals surface area contributed by atoms with Crippen molar-refractivity contribution in [3.05, 3.63) is 41.3 Å². The van der Waals surface area contributed by atoms with Crippen LogP contribution in [0.4, 0.5) is 4.39 Å². The van der Waals surface area contributed by atoms with Gasteiger partial charge in [0.1, 0.15) is 5.83 Å². The van der Waals surface area contributed by atoms with Crippen molar-refractivity contribution in [1.82, 2.24) is 9.97 Å². The second-order valence-corrected chi connectivity index (χ2v) is 4.14. The predicted octanol–water partition coefficient (Wildman–Crippen LogP) is 2.51. The summed E-state index contributed by atoms with van der Waals surface area (Å²) in [5.41, 5.74) is 0. The minimum Gasteiger partial charge on any atom is -0.389 e. The van der Waals surface area contributed by atoms with E-state index in [2.05, 4.69) is 9.97 Å². The molecule has 0 saturated carbocycles. The van der Waals surface area contributed by atoms with E-state index in [0.29, 0.717) is 5.82 Å². The highest BCUT2D eigenvalue weighted by Crippen LogP contribution is 2.26. The molecule has 0 saturated heterocycles. The van der Waals surface area contributed by atoms with Crippen LogP contribution < -0.4 is 0 Å². The molecule has 2 aromatic rings. The van der Waals surface area contributed by atoms with E-state index in [0.717, 1.165) is 9.75 Å². The summed E-state index contributed by atoms with van der Waals surface area (Å²) in [5, 5.41) is 8.56. The lowest BCUT2D eigenvalue weighted by Crippen LogP contribution is -1.82. The van der Waals surface area contributed by atoms with Crippen molar-refractivity contribution in [3.8, 4) is 10.7 Å². The maximum atomic E-state index is 12.8. The van der Waals surface area contributed by atoms with Crippen LogP contribution in [0.15, 0.2) is 36.4 Å². The Kier molecular flexibility index (Phi) is 3.38. The highest BCUT2D eigenvalue weighted by atomic mass is 32.1. The molecule has 0 bridgehead atoms. The summed E-state index contributed by atoms with van der Waals surface area (Å²) in [5.74, 6) is 0.0685. The maximum absolute atomic E-state index is 12.8. The van der Waals surface area contributed by atoms with Crippen LogP contribution in [0.2, 0.25) is 0 Å². The summed E-state index contributed by atoms with van der Waals surface area (Å²) in [7, 11) is 0. The third kappa shape index (κ3) is 2.50. The monoisotopic (exact) mass is 236 g/mol. The highest BCUT2D eigenvalue weighted by molar-refractivity contribution is 7.16. The zero-order valence-electron chi connectivity index (χ0n) is 8.30. The molecule has 0 fully saturated rings. The normalized spacial score (nSPS) is 11.8. The lowest BCUT2D eigenvalue weighted by molar-refractivity contribution is 0.300. The molecule has 82 valence electrons. The van der Waals surface area contributed by atoms with Gasteiger partial charge in [0, 0.05) is 17.3 Å². The molecule has 2 aromatic heterocycles. The summed E-state index contributed by atoms with van der Waals surface area (Å²) in [6.07, 6.45) is 4.62. The topological polar surface area (TPSA) is 46.0 Å². The Morgan fingerprint density at radius 2 is 2.12 bits per heavy atom. The smallest absolute Gasteiger partial charge is 0.169 e. The fourth-order valence-electron chi connectivity index (χ4n) is 1.18. The van der Waals surface area contributed by atoms with Gasteiger partial charge in [-0.15, -0.1) is 11.3 Å². The first kappa shape index (κ1) is 10.9. The van der Waals surface area contributed by atoms with Crippen LogP contribution in [-0.4, -0.2) is 21.7 Å². The van der Waals surface area contributed by atoms with Crippen molar-refractivity contribution < 1.29 is 9.50 Å². The highest BCUT2D eigenvalue weighted by Gasteiger charge is 2.04. The molecule has 0 aliphatic rings. The van der Waals surface area contributed by atoms with E-state index < -0.39 is 12.4 Å². The molecule has 3 nitrogen and oxygen atoms in total. The molecule has 0 unspecified atom stereocenters. The lowest BCUT2D eigenvalue weighted by Gasteiger charge is -1.92. The number of halogens is 1. The Bertz CT molecular complexity index is 496. The molecule has 0 aliphatic carbocycles. The Labute approximate surface area is 95.9 Å². The van der Waals surface area contributed by atoms with Gasteiger partial charge >= 0.3 is 0 Å². The summed E-state index contributed by atoms with van der Waals surface area (Å²) in [6.45, 7) is -0.574. The van der Waals surface area contributed by atoms with E-state index in [4.69, 9.17) is 5.11 Å². The van der Waals surface area contributed by atoms with E-state index in [1.54, 1.807) is 24.5 Å². The first-order valence-corrected chi connectivity index (χ1v) is 5.45. The molecule has 2 rings (SSSR count). The molecule has 16 heavy (non-hydrogen) atoms. The van der Waals surface area contributed by atoms with Crippen molar-refractivity contribution in [2.45, 2.75) is 0 Å². The van der Waals surface area contributed by atoms with Crippen molar-refractivity contribution in [2.24, 2.45) is 0 Å². The second-order valence-electron chi connectivity index (χ2n) is 3.02. The number of aliphatic hydroxyl groups is 1. The zero-order chi connectivity index (χ0) is 11.4. The van der Waals surface area contributed by atoms with E-state index in [1.165, 1.54) is 17.4 Å². The van der Waals surface area contributed by atoms with Crippen LogP contribution in [0.25, 0.3) is 16.8 Å². The third-order valence-corrected chi connectivity index (χ3v) is 2.89. The number of nitrogens with zero attached hydrogens (tertiary/aromatic N) is 2. The number of hydrogen-bond acceptors (Lipinski definition) is 4. The number of hydrogen-bond donors (Lipinski definition) is 1. The van der Waals surface area contributed by atoms with Crippen LogP contribution in [-0.2, 0) is 0 Å². The largest absolute Gasteiger partial charge is 0.389 e. The molecular formula is C11H9FN2OS. The van der Waals surface area contributed by atoms with Crippen LogP contribution in [0, 0.1) is 0 Å². The number of rotatable bonds is 3. The van der Waals surface area contributed by atoms with Crippen LogP contribution in [0.5, 0.6) is 0 Å². The SMILES string of the molecule is OC/C(F)=C/c1ccc(-c2ncccn2)s1. The molecule has 0 radical (unpaired) electrons. The fraction of sp³-hybridized carbons (Fsp3) is 0.0909. The maximum Gasteiger partial charge on any atom is 0.169 e. The minimum absolute atomic E-state index is 0.553. The average molecular weight is 236 g/mol. The van der Waals surface area contributed by atoms with E-state index >= 15 is 0 Å². The quantitative estimate of drug-likeness (QED) is 0.890. The van der Waals surface area contributed by atoms with Crippen molar-refractivity contribution >= 4 is 17.4 Å². The number of aromatic nitrogens is 2. The van der Waals surface area contributed by atoms with Gasteiger partial charge in [-0.1, -0.05) is 0 Å². The Morgan fingerprint density at radius 3 is 2.81 bits per heavy atom. The predicted molar refractivity (Wildman–Crippen MR) is 61.5 cm³/mol. The summed E-state index contributed by atoms with van der Waals surface area (Å²) in [6, 6.07) is 5.34. The van der Waals surface area contributed by atoms with Crippen molar-refractivity contribution in [1.29, 1.82) is 0 Å². The standard InChI is InChI=1S/C11H9FN2OS/c12-8(7-15)6-9-2-3-10(16-9)11-13-4-1-5-14-11/h1-6,15H,7H2/b8-6-. The van der Waals surface area contributed by atoms with Crippen molar-refractivity contribution in [2.75, 3.05) is 6.61 Å². The summed E-state index contributed by atoms with van der Waals surface area (Å²) in [4.78, 5) is 9.80. The second kappa shape index (κ2) is 4.96. The summed E-state index contributed by atoms with van der Waals surface area (Å²) < 4.78 is 12.8. The fourth-order valence-corrected chi connectivity index (χ4v) is 2.09. The molecular weight excluding hydrogens is 227 g/mol. The molecule has 0 aliphatic heterocycles. The summed E-state index contributed by atoms with van der Waals surface area (Å²) >= 11 is 1.38. The zero-order valence-corrected chi connectivity index (χ0v) is 9.12. The molecule has 5 heteroatoms. The number of aliphatic hydroxyl groups excluding tert-OH is 1. The van der Waals surface area contributed by atoms with E-state index in [9.17, 15) is 4.39 Å². The van der Waals surface area contributed by atoms with Gasteiger partial charge in [-0.25, -0.2) is 14.4 Å². The first-order chi connectivity index (χ1) is 7.79. The Morgan fingerprint density at radius 1 is 1.38 bits per heavy atom. The average Bonchev–Trinajstić information content (AvgIpc) is 2.78. The Balaban J connectivity index is 2.27. The van der Waals surface area contributed by atoms with Gasteiger partial charge < -0.3 is 5.11 Å². The van der Waals surface area contributed by atoms with Gasteiger partial charge in [0.25, 0.3) is 0 Å². The molecule has 0 amide bonds. The minimum atomic E-state index is -0.574. The van der Waals surface area contributed by atoms with Gasteiger partial charge in [0.2, 0.25) is 0 Å². The van der Waals surface area contributed by atoms with Crippen molar-refractivity contribution in [3.63, 3.8) is 0 Å². The van der Waals surface area contributed by atoms with Crippen LogP contribution in [0.1, 0.15) is 4.88 Å². The van der Waals surface area contributed by atoms with Gasteiger partial charge in [-0.2, -0.15) is 0 Å². The molecule has 0 spiro atoms. The van der Waals surface area contributed by atoms with Gasteiger partial charge in [0.15, 0.2) is 5.82 Å². The van der Waals surface area contributed by atoms with Gasteiger partial charge in [0.05, 0.1) is 11.5 Å². The molecule has 1 N–H and O–H groups in total. The molecule has 0 atom stereocenters.